The Morgan fingerprint density at radius 2 is 0.831 bits per heavy atom. The number of hydrogen-bond donors (Lipinski definition) is 5. The van der Waals surface area contributed by atoms with Crippen LogP contribution < -0.4 is 27.8 Å². The number of fused-ring (bicyclic) bond motifs is 3. The highest BCUT2D eigenvalue weighted by molar-refractivity contribution is 7.90. The molecule has 6 heterocycles. The summed E-state index contributed by atoms with van der Waals surface area (Å²) in [5, 5.41) is 23.2. The molecule has 0 saturated heterocycles. The van der Waals surface area contributed by atoms with Gasteiger partial charge in [-0.25, -0.2) is 36.9 Å². The summed E-state index contributed by atoms with van der Waals surface area (Å²) >= 11 is 24.1. The van der Waals surface area contributed by atoms with Crippen LogP contribution in [0, 0.1) is 5.92 Å². The number of sulfone groups is 1. The average Bonchev–Trinajstić information content (AvgIpc) is 4.17. The highest BCUT2D eigenvalue weighted by Crippen LogP contribution is 2.30. The van der Waals surface area contributed by atoms with Crippen LogP contribution in [0.25, 0.3) is 50.7 Å². The second kappa shape index (κ2) is 25.7. The lowest BCUT2D eigenvalue weighted by Gasteiger charge is -2.29. The Hall–Kier alpha value is -5.89. The zero-order valence-corrected chi connectivity index (χ0v) is 46.6. The Morgan fingerprint density at radius 3 is 1.21 bits per heavy atom. The number of nitrogens with two attached hydrogens (primary N) is 3. The topological polar surface area (TPSA) is 227 Å². The third kappa shape index (κ3) is 15.4. The number of imidazole rings is 3. The van der Waals surface area contributed by atoms with Crippen LogP contribution in [0.1, 0.15) is 77.0 Å². The van der Waals surface area contributed by atoms with E-state index in [0.29, 0.717) is 56.2 Å². The van der Waals surface area contributed by atoms with Crippen LogP contribution in [0.2, 0.25) is 20.2 Å². The van der Waals surface area contributed by atoms with Gasteiger partial charge in [-0.1, -0.05) is 82.8 Å². The Kier molecular flexibility index (Phi) is 18.7. The SMILES string of the molecule is CS(=O)(=O)CC1CCC(Nc2ccc3ncc(-c4cccc(Cl)c4)n3n2)CC1.Clc1cccc(-c2cnc3ccc(Cl)nn23)c1.NC1CCC(N)CC1.NC1CCC(Nc2ccc3ncc(-c4cccc(Cl)c4)n3n2)CC1. The van der Waals surface area contributed by atoms with Crippen molar-refractivity contribution < 1.29 is 8.42 Å². The summed E-state index contributed by atoms with van der Waals surface area (Å²) in [5.41, 5.74) is 25.2. The monoisotopic (exact) mass is 1140 g/mol. The first kappa shape index (κ1) is 55.9. The zero-order chi connectivity index (χ0) is 54.1. The molecule has 0 unspecified atom stereocenters. The van der Waals surface area contributed by atoms with Crippen LogP contribution in [-0.2, 0) is 9.84 Å². The molecule has 404 valence electrons. The van der Waals surface area contributed by atoms with Gasteiger partial charge in [-0.2, -0.15) is 5.10 Å². The van der Waals surface area contributed by atoms with Crippen molar-refractivity contribution in [1.29, 1.82) is 0 Å². The quantitative estimate of drug-likeness (QED) is 0.0907. The standard InChI is InChI=1S/C20H23ClN4O2S.C18H20ClN5.C12H7Cl2N3.C6H14N2/c1-28(26,27)13-14-5-7-17(8-6-14)23-19-9-10-20-22-12-18(25(20)24-19)15-3-2-4-16(21)11-15;19-13-3-1-2-12(10-13)16-11-21-18-9-8-17(23-24(16)18)22-15-6-4-14(20)5-7-15;13-9-3-1-2-8(6-9)10-7-15-12-5-4-11(14)16-17(10)12;7-5-1-2-6(8)4-3-5/h2-4,9-12,14,17H,5-8,13H2,1H3,(H,23,24);1-3,8-11,14-15H,4-7,20H2,(H,22,23);1-7H;5-6H,1-4,7-8H2. The number of nitrogens with one attached hydrogen (secondary N) is 2. The van der Waals surface area contributed by atoms with E-state index in [2.05, 4.69) is 30.7 Å². The molecule has 0 radical (unpaired) electrons. The van der Waals surface area contributed by atoms with Gasteiger partial charge in [0.1, 0.15) is 26.6 Å². The van der Waals surface area contributed by atoms with E-state index in [1.165, 1.54) is 6.26 Å². The lowest BCUT2D eigenvalue weighted by molar-refractivity contribution is 0.361. The first-order chi connectivity index (χ1) is 37.1. The molecule has 3 aromatic carbocycles. The number of benzene rings is 3. The molecule has 8 N–H and O–H groups in total. The van der Waals surface area contributed by atoms with E-state index in [1.807, 2.05) is 118 Å². The Bertz CT molecular complexity index is 3500. The van der Waals surface area contributed by atoms with E-state index < -0.39 is 9.84 Å². The number of halogens is 4. The van der Waals surface area contributed by atoms with Crippen molar-refractivity contribution >= 4 is 84.8 Å². The number of hydrogen-bond acceptors (Lipinski definition) is 13. The fourth-order valence-electron chi connectivity index (χ4n) is 10.0. The van der Waals surface area contributed by atoms with E-state index >= 15 is 0 Å². The van der Waals surface area contributed by atoms with Crippen LogP contribution in [-0.4, -0.2) is 94.4 Å². The molecule has 9 aromatic rings. The first-order valence-corrected chi connectivity index (χ1v) is 29.6. The Morgan fingerprint density at radius 1 is 0.481 bits per heavy atom. The lowest BCUT2D eigenvalue weighted by Crippen LogP contribution is -2.33. The smallest absolute Gasteiger partial charge is 0.154 e. The summed E-state index contributed by atoms with van der Waals surface area (Å²) in [6.07, 6.45) is 19.3. The predicted molar refractivity (Wildman–Crippen MR) is 313 cm³/mol. The van der Waals surface area contributed by atoms with Crippen molar-refractivity contribution in [2.45, 2.75) is 107 Å². The molecule has 0 spiro atoms. The van der Waals surface area contributed by atoms with Gasteiger partial charge in [-0.15, -0.1) is 10.2 Å². The second-order valence-corrected chi connectivity index (χ2v) is 24.1. The molecule has 0 aliphatic heterocycles. The van der Waals surface area contributed by atoms with Crippen molar-refractivity contribution in [1.82, 2.24) is 43.8 Å². The minimum atomic E-state index is -2.90. The van der Waals surface area contributed by atoms with Gasteiger partial charge in [0, 0.05) is 68.2 Å². The highest BCUT2D eigenvalue weighted by atomic mass is 35.5. The predicted octanol–water partition coefficient (Wildman–Crippen LogP) is 11.7. The molecular weight excluding hydrogens is 1070 g/mol. The summed E-state index contributed by atoms with van der Waals surface area (Å²) in [7, 11) is -2.90. The maximum absolute atomic E-state index is 11.5. The molecule has 0 atom stereocenters. The number of aromatic nitrogens is 9. The fourth-order valence-corrected chi connectivity index (χ4v) is 11.9. The molecule has 16 nitrogen and oxygen atoms in total. The minimum absolute atomic E-state index is 0.270. The molecule has 12 rings (SSSR count). The van der Waals surface area contributed by atoms with Crippen LogP contribution >= 0.6 is 46.4 Å². The minimum Gasteiger partial charge on any atom is -0.366 e. The Labute approximate surface area is 469 Å². The first-order valence-electron chi connectivity index (χ1n) is 26.0. The fraction of sp³-hybridized carbons (Fsp3) is 0.357. The average molecular weight is 1140 g/mol. The molecule has 6 aromatic heterocycles. The highest BCUT2D eigenvalue weighted by Gasteiger charge is 2.25. The molecule has 0 bridgehead atoms. The zero-order valence-electron chi connectivity index (χ0n) is 42.8. The van der Waals surface area contributed by atoms with Crippen LogP contribution in [0.5, 0.6) is 0 Å². The molecule has 3 aliphatic rings. The summed E-state index contributed by atoms with van der Waals surface area (Å²) < 4.78 is 28.4. The van der Waals surface area contributed by atoms with E-state index in [1.54, 1.807) is 23.0 Å². The van der Waals surface area contributed by atoms with Gasteiger partial charge in [0.25, 0.3) is 0 Å². The van der Waals surface area contributed by atoms with Crippen LogP contribution in [0.3, 0.4) is 0 Å². The molecule has 21 heteroatoms. The van der Waals surface area contributed by atoms with E-state index in [9.17, 15) is 8.42 Å². The van der Waals surface area contributed by atoms with Crippen molar-refractivity contribution in [2.24, 2.45) is 23.1 Å². The summed E-state index contributed by atoms with van der Waals surface area (Å²) in [6.45, 7) is 0. The molecule has 3 aliphatic carbocycles. The van der Waals surface area contributed by atoms with E-state index in [0.717, 1.165) is 139 Å². The molecule has 3 fully saturated rings. The molecule has 3 saturated carbocycles. The van der Waals surface area contributed by atoms with E-state index in [4.69, 9.17) is 73.8 Å². The summed E-state index contributed by atoms with van der Waals surface area (Å²) in [4.78, 5) is 13.1. The molecular formula is C56H64Cl4N14O2S. The maximum Gasteiger partial charge on any atom is 0.154 e. The lowest BCUT2D eigenvalue weighted by atomic mass is 9.87. The van der Waals surface area contributed by atoms with Crippen LogP contribution in [0.4, 0.5) is 11.6 Å². The van der Waals surface area contributed by atoms with Crippen molar-refractivity contribution in [3.63, 3.8) is 0 Å². The molecule has 77 heavy (non-hydrogen) atoms. The van der Waals surface area contributed by atoms with Gasteiger partial charge in [-0.3, -0.25) is 0 Å². The maximum atomic E-state index is 11.5. The number of anilines is 2. The third-order valence-electron chi connectivity index (χ3n) is 14.1. The van der Waals surface area contributed by atoms with Gasteiger partial charge in [0.15, 0.2) is 16.9 Å². The summed E-state index contributed by atoms with van der Waals surface area (Å²) in [6, 6.07) is 36.3. The van der Waals surface area contributed by atoms with Crippen molar-refractivity contribution in [3.05, 3.63) is 148 Å². The Balaban J connectivity index is 0.000000134. The number of rotatable bonds is 9. The largest absolute Gasteiger partial charge is 0.366 e. The van der Waals surface area contributed by atoms with E-state index in [-0.39, 0.29) is 5.92 Å². The van der Waals surface area contributed by atoms with Crippen molar-refractivity contribution in [3.8, 4) is 33.8 Å². The normalized spacial score (nSPS) is 20.5. The van der Waals surface area contributed by atoms with Crippen LogP contribution in [0.15, 0.2) is 128 Å². The van der Waals surface area contributed by atoms with Crippen molar-refractivity contribution in [2.75, 3.05) is 22.6 Å². The molecule has 0 amide bonds. The van der Waals surface area contributed by atoms with Gasteiger partial charge in [0.2, 0.25) is 0 Å². The van der Waals surface area contributed by atoms with Gasteiger partial charge in [-0.05, 0) is 156 Å². The summed E-state index contributed by atoms with van der Waals surface area (Å²) in [5.74, 6) is 2.22. The van der Waals surface area contributed by atoms with Gasteiger partial charge < -0.3 is 27.8 Å². The second-order valence-electron chi connectivity index (χ2n) is 20.2. The van der Waals surface area contributed by atoms with Gasteiger partial charge in [0.05, 0.1) is 41.4 Å². The third-order valence-corrected chi connectivity index (χ3v) is 16.1. The number of nitrogens with zero attached hydrogens (tertiary/aromatic N) is 9. The van der Waals surface area contributed by atoms with Gasteiger partial charge >= 0.3 is 0 Å².